The zero-order valence-electron chi connectivity index (χ0n) is 4.01. The van der Waals surface area contributed by atoms with Crippen LogP contribution in [-0.4, -0.2) is 45.5 Å². The topological polar surface area (TPSA) is 142 Å². The third-order valence-corrected chi connectivity index (χ3v) is 0. The van der Waals surface area contributed by atoms with Gasteiger partial charge in [-0.3, -0.25) is 0 Å². The van der Waals surface area contributed by atoms with E-state index >= 15 is 0 Å². The molecule has 52 valence electrons. The van der Waals surface area contributed by atoms with Crippen LogP contribution < -0.4 is 0 Å². The van der Waals surface area contributed by atoms with Gasteiger partial charge in [0.05, 0.1) is 0 Å². The van der Waals surface area contributed by atoms with Gasteiger partial charge in [-0.2, -0.15) is 0 Å². The molecular weight excluding hydrogens is 421 g/mol. The van der Waals surface area contributed by atoms with Crippen LogP contribution >= 0.6 is 0 Å². The van der Waals surface area contributed by atoms with Gasteiger partial charge in [-0.05, 0) is 0 Å². The van der Waals surface area contributed by atoms with E-state index in [1.807, 2.05) is 0 Å². The van der Waals surface area contributed by atoms with E-state index in [-0.39, 0.29) is 142 Å². The fourth-order valence-corrected chi connectivity index (χ4v) is 0. The zero-order chi connectivity index (χ0) is 0. The summed E-state index contributed by atoms with van der Waals surface area (Å²) in [5.41, 5.74) is 0. The molecule has 2 radical (unpaired) electrons. The van der Waals surface area contributed by atoms with Crippen molar-refractivity contribution < 1.29 is 96.8 Å². The minimum Gasteiger partial charge on any atom is -2.00 e. The van der Waals surface area contributed by atoms with E-state index in [2.05, 4.69) is 0 Å². The molecule has 0 spiro atoms. The molecule has 0 aliphatic heterocycles. The first kappa shape index (κ1) is 135. The van der Waals surface area contributed by atoms with E-state index in [0.717, 1.165) is 0 Å². The minimum atomic E-state index is 0. The zero-order valence-corrected chi connectivity index (χ0v) is 13.3. The Bertz CT molecular complexity index is 16.9. The van der Waals surface area contributed by atoms with Gasteiger partial charge >= 0.3 is 115 Å². The Hall–Kier alpha value is 3.50. The average molecular weight is 421 g/mol. The molecule has 0 atom stereocenters. The molecule has 0 heterocycles. The maximum atomic E-state index is 0. The summed E-state index contributed by atoms with van der Waals surface area (Å²) in [5, 5.41) is 0. The summed E-state index contributed by atoms with van der Waals surface area (Å²) in [4.78, 5) is 0. The van der Waals surface area contributed by atoms with Crippen molar-refractivity contribution in [3.8, 4) is 0 Å². The predicted octanol–water partition coefficient (Wildman–Crippen LogP) is -0.980. The first-order valence-corrected chi connectivity index (χ1v) is 0. The fraction of sp³-hybridized carbons (Fsp3) is 0. The van der Waals surface area contributed by atoms with E-state index in [1.54, 1.807) is 0 Å². The van der Waals surface area contributed by atoms with Crippen LogP contribution in [0.15, 0.2) is 0 Å². The normalized spacial score (nSPS) is 0. The van der Waals surface area contributed by atoms with Crippen molar-refractivity contribution in [3.05, 3.63) is 0 Å². The first-order chi connectivity index (χ1) is 0. The summed E-state index contributed by atoms with van der Waals surface area (Å²) in [6, 6.07) is 0. The molecule has 9 heteroatoms. The van der Waals surface area contributed by atoms with Crippen molar-refractivity contribution in [2.75, 3.05) is 0 Å². The second-order valence-corrected chi connectivity index (χ2v) is 0. The predicted molar refractivity (Wildman–Crippen MR) is 9.19 cm³/mol. The van der Waals surface area contributed by atoms with Crippen LogP contribution in [0.3, 0.4) is 0 Å². The molecule has 0 aliphatic carbocycles. The van der Waals surface area contributed by atoms with Gasteiger partial charge in [0.25, 0.3) is 0 Å². The molecular formula is CoFeLaO5Sr. The molecule has 0 aromatic heterocycles. The van der Waals surface area contributed by atoms with Crippen molar-refractivity contribution in [2.24, 2.45) is 0 Å². The summed E-state index contributed by atoms with van der Waals surface area (Å²) in [6.07, 6.45) is 0. The molecule has 0 N–H and O–H groups in total. The van der Waals surface area contributed by atoms with Gasteiger partial charge in [0.15, 0.2) is 0 Å². The van der Waals surface area contributed by atoms with Crippen molar-refractivity contribution in [1.29, 1.82) is 0 Å². The minimum absolute atomic E-state index is 0. The summed E-state index contributed by atoms with van der Waals surface area (Å²) < 4.78 is 0. The number of rotatable bonds is 0. The summed E-state index contributed by atoms with van der Waals surface area (Å²) >= 11 is 0. The number of hydrogen-bond acceptors (Lipinski definition) is 0. The molecule has 0 rings (SSSR count). The maximum Gasteiger partial charge on any atom is 3.00 e. The van der Waals surface area contributed by atoms with Crippen molar-refractivity contribution in [2.45, 2.75) is 0 Å². The molecule has 0 amide bonds. The molecule has 0 unspecified atom stereocenters. The monoisotopic (exact) mass is 422 g/mol. The van der Waals surface area contributed by atoms with E-state index in [4.69, 9.17) is 0 Å². The van der Waals surface area contributed by atoms with Crippen LogP contribution in [0.5, 0.6) is 0 Å². The third kappa shape index (κ3) is 84.7. The molecule has 5 nitrogen and oxygen atoms in total. The van der Waals surface area contributed by atoms with Gasteiger partial charge in [-0.25, -0.2) is 0 Å². The van der Waals surface area contributed by atoms with Crippen molar-refractivity contribution >= 4 is 45.5 Å². The summed E-state index contributed by atoms with van der Waals surface area (Å²) in [6.45, 7) is 0. The molecule has 0 aromatic rings. The number of hydrogen-bond donors (Lipinski definition) is 0. The van der Waals surface area contributed by atoms with Crippen LogP contribution in [0.25, 0.3) is 0 Å². The van der Waals surface area contributed by atoms with Crippen molar-refractivity contribution in [3.63, 3.8) is 0 Å². The molecule has 0 saturated heterocycles. The largest absolute Gasteiger partial charge is 3.00 e. The summed E-state index contributed by atoms with van der Waals surface area (Å²) in [7, 11) is 0. The average Bonchev–Trinajstić information content (AvgIpc) is 0. The standard InChI is InChI=1S/Co.Fe.La.5O.Sr/q+2;2*+3;5*-2;+2. The summed E-state index contributed by atoms with van der Waals surface area (Å²) in [5.74, 6) is 0. The smallest absolute Gasteiger partial charge is 2.00 e. The Morgan fingerprint density at radius 3 is 0.556 bits per heavy atom. The van der Waals surface area contributed by atoms with Gasteiger partial charge < -0.3 is 27.4 Å². The molecule has 9 heavy (non-hydrogen) atoms. The van der Waals surface area contributed by atoms with Crippen LogP contribution in [0, 0.1) is 35.6 Å². The first-order valence-electron chi connectivity index (χ1n) is 0. The quantitative estimate of drug-likeness (QED) is 0.443. The van der Waals surface area contributed by atoms with Gasteiger partial charge in [-0.15, -0.1) is 0 Å². The van der Waals surface area contributed by atoms with Gasteiger partial charge in [0.2, 0.25) is 0 Å². The van der Waals surface area contributed by atoms with Gasteiger partial charge in [0.1, 0.15) is 0 Å². The van der Waals surface area contributed by atoms with Crippen LogP contribution in [0.4, 0.5) is 0 Å². The Morgan fingerprint density at radius 2 is 0.556 bits per heavy atom. The maximum absolute atomic E-state index is 0. The molecule has 0 bridgehead atoms. The Kier molecular flexibility index (Phi) is 1550. The second-order valence-electron chi connectivity index (χ2n) is 0. The van der Waals surface area contributed by atoms with E-state index < -0.39 is 0 Å². The van der Waals surface area contributed by atoms with Crippen LogP contribution in [0.2, 0.25) is 0 Å². The second kappa shape index (κ2) is 103. The molecule has 0 saturated carbocycles. The Labute approximate surface area is 139 Å². The SMILES string of the molecule is [Co+2].[Fe+3].[La+3].[O-2].[O-2].[O-2].[O-2].[O-2].[Sr+2]. The fourth-order valence-electron chi connectivity index (χ4n) is 0. The van der Waals surface area contributed by atoms with Crippen LogP contribution in [-0.2, 0) is 61.2 Å². The van der Waals surface area contributed by atoms with E-state index in [9.17, 15) is 0 Å². The molecule has 0 fully saturated rings. The Morgan fingerprint density at radius 1 is 0.556 bits per heavy atom. The van der Waals surface area contributed by atoms with Crippen LogP contribution in [0.1, 0.15) is 0 Å². The third-order valence-electron chi connectivity index (χ3n) is 0. The molecule has 0 aromatic carbocycles. The van der Waals surface area contributed by atoms with Crippen molar-refractivity contribution in [1.82, 2.24) is 0 Å². The van der Waals surface area contributed by atoms with E-state index in [0.29, 0.717) is 0 Å². The molecule has 0 aliphatic rings. The van der Waals surface area contributed by atoms with Gasteiger partial charge in [-0.1, -0.05) is 0 Å². The van der Waals surface area contributed by atoms with Gasteiger partial charge in [0, 0.05) is 0 Å². The van der Waals surface area contributed by atoms with E-state index in [1.165, 1.54) is 0 Å². The Balaban J connectivity index is 0.